The van der Waals surface area contributed by atoms with Gasteiger partial charge in [0.1, 0.15) is 0 Å². The van der Waals surface area contributed by atoms with Crippen molar-refractivity contribution >= 4 is 17.3 Å². The molecule has 1 heterocycles. The van der Waals surface area contributed by atoms with E-state index < -0.39 is 0 Å². The fourth-order valence-electron chi connectivity index (χ4n) is 2.12. The Hall–Kier alpha value is -1.36. The van der Waals surface area contributed by atoms with Gasteiger partial charge in [0.05, 0.1) is 10.7 Å². The average molecular weight is 308 g/mol. The predicted octanol–water partition coefficient (Wildman–Crippen LogP) is 3.17. The van der Waals surface area contributed by atoms with Crippen molar-refractivity contribution in [3.8, 4) is 0 Å². The third kappa shape index (κ3) is 6.29. The van der Waals surface area contributed by atoms with Crippen LogP contribution in [0.1, 0.15) is 35.3 Å². The molecule has 5 heteroatoms. The lowest BCUT2D eigenvalue weighted by atomic mass is 10.3. The zero-order valence-electron chi connectivity index (χ0n) is 13.8. The normalized spacial score (nSPS) is 11.5. The molecule has 1 rings (SSSR count). The first-order chi connectivity index (χ1) is 10.1. The number of thiazole rings is 1. The van der Waals surface area contributed by atoms with E-state index in [1.54, 1.807) is 11.3 Å². The molecular formula is C16H28N4S. The molecule has 118 valence electrons. The molecule has 0 saturated carbocycles. The van der Waals surface area contributed by atoms with Crippen LogP contribution in [0.25, 0.3) is 0 Å². The summed E-state index contributed by atoms with van der Waals surface area (Å²) in [6.45, 7) is 12.7. The van der Waals surface area contributed by atoms with Crippen molar-refractivity contribution in [2.45, 2.75) is 40.0 Å². The van der Waals surface area contributed by atoms with Crippen LogP contribution in [0, 0.1) is 13.8 Å². The quantitative estimate of drug-likeness (QED) is 0.347. The van der Waals surface area contributed by atoms with Crippen LogP contribution in [0.2, 0.25) is 0 Å². The number of aromatic nitrogens is 1. The molecule has 0 spiro atoms. The SMILES string of the molecule is C=CCCCN(C)C(=NCCc1sc(C)nc1C)NCC. The molecule has 0 aliphatic rings. The second-order valence-corrected chi connectivity index (χ2v) is 6.37. The molecule has 0 atom stereocenters. The Kier molecular flexibility index (Phi) is 8.05. The monoisotopic (exact) mass is 308 g/mol. The molecule has 0 aliphatic heterocycles. The topological polar surface area (TPSA) is 40.5 Å². The maximum Gasteiger partial charge on any atom is 0.193 e. The molecule has 1 aromatic heterocycles. The second-order valence-electron chi connectivity index (χ2n) is 5.08. The first-order valence-corrected chi connectivity index (χ1v) is 8.43. The van der Waals surface area contributed by atoms with Crippen LogP contribution in [0.15, 0.2) is 17.6 Å². The number of guanidine groups is 1. The zero-order valence-corrected chi connectivity index (χ0v) is 14.6. The van der Waals surface area contributed by atoms with E-state index >= 15 is 0 Å². The predicted molar refractivity (Wildman–Crippen MR) is 93.3 cm³/mol. The van der Waals surface area contributed by atoms with E-state index in [9.17, 15) is 0 Å². The van der Waals surface area contributed by atoms with Crippen LogP contribution in [-0.4, -0.2) is 42.5 Å². The van der Waals surface area contributed by atoms with Gasteiger partial charge in [0.25, 0.3) is 0 Å². The number of nitrogens with zero attached hydrogens (tertiary/aromatic N) is 3. The Morgan fingerprint density at radius 2 is 2.24 bits per heavy atom. The van der Waals surface area contributed by atoms with Crippen molar-refractivity contribution in [1.29, 1.82) is 0 Å². The van der Waals surface area contributed by atoms with Gasteiger partial charge in [-0.25, -0.2) is 4.98 Å². The Labute approximate surface area is 133 Å². The molecule has 0 saturated heterocycles. The van der Waals surface area contributed by atoms with Crippen LogP contribution in [0.5, 0.6) is 0 Å². The van der Waals surface area contributed by atoms with Crippen molar-refractivity contribution < 1.29 is 0 Å². The van der Waals surface area contributed by atoms with Gasteiger partial charge in [-0.05, 0) is 33.6 Å². The van der Waals surface area contributed by atoms with Gasteiger partial charge in [-0.1, -0.05) is 6.08 Å². The van der Waals surface area contributed by atoms with Gasteiger partial charge in [-0.3, -0.25) is 4.99 Å². The summed E-state index contributed by atoms with van der Waals surface area (Å²) in [6.07, 6.45) is 5.08. The summed E-state index contributed by atoms with van der Waals surface area (Å²) in [7, 11) is 2.09. The number of allylic oxidation sites excluding steroid dienone is 1. The number of hydrogen-bond donors (Lipinski definition) is 1. The molecule has 4 nitrogen and oxygen atoms in total. The first-order valence-electron chi connectivity index (χ1n) is 7.61. The third-order valence-electron chi connectivity index (χ3n) is 3.20. The van der Waals surface area contributed by atoms with Crippen molar-refractivity contribution in [1.82, 2.24) is 15.2 Å². The Balaban J connectivity index is 2.54. The van der Waals surface area contributed by atoms with Gasteiger partial charge < -0.3 is 10.2 Å². The minimum atomic E-state index is 0.802. The van der Waals surface area contributed by atoms with Crippen molar-refractivity contribution in [3.63, 3.8) is 0 Å². The van der Waals surface area contributed by atoms with E-state index in [0.29, 0.717) is 0 Å². The molecule has 0 amide bonds. The summed E-state index contributed by atoms with van der Waals surface area (Å²) >= 11 is 1.78. The second kappa shape index (κ2) is 9.55. The summed E-state index contributed by atoms with van der Waals surface area (Å²) in [4.78, 5) is 12.7. The number of aryl methyl sites for hydroxylation is 2. The fraction of sp³-hybridized carbons (Fsp3) is 0.625. The number of rotatable bonds is 8. The fourth-order valence-corrected chi connectivity index (χ4v) is 3.04. The van der Waals surface area contributed by atoms with E-state index in [1.165, 1.54) is 4.88 Å². The van der Waals surface area contributed by atoms with Gasteiger partial charge in [0.15, 0.2) is 5.96 Å². The zero-order chi connectivity index (χ0) is 15.7. The standard InChI is InChI=1S/C16H28N4S/c1-6-8-9-12-20(5)16(17-7-2)18-11-10-15-13(3)19-14(4)21-15/h6H,1,7-12H2,2-5H3,(H,17,18). The molecule has 0 bridgehead atoms. The number of hydrogen-bond acceptors (Lipinski definition) is 3. The van der Waals surface area contributed by atoms with E-state index in [1.807, 2.05) is 6.08 Å². The molecule has 1 N–H and O–H groups in total. The van der Waals surface area contributed by atoms with E-state index in [2.05, 4.69) is 49.6 Å². The van der Waals surface area contributed by atoms with Gasteiger partial charge in [-0.2, -0.15) is 0 Å². The highest BCUT2D eigenvalue weighted by atomic mass is 32.1. The number of unbranched alkanes of at least 4 members (excludes halogenated alkanes) is 1. The molecule has 0 aromatic carbocycles. The number of nitrogens with one attached hydrogen (secondary N) is 1. The van der Waals surface area contributed by atoms with Crippen LogP contribution in [0.3, 0.4) is 0 Å². The summed E-state index contributed by atoms with van der Waals surface area (Å²) in [5.41, 5.74) is 1.15. The molecule has 0 aliphatic carbocycles. The van der Waals surface area contributed by atoms with E-state index in [-0.39, 0.29) is 0 Å². The van der Waals surface area contributed by atoms with Gasteiger partial charge in [-0.15, -0.1) is 17.9 Å². The number of aliphatic imine (C=N–C) groups is 1. The first kappa shape index (κ1) is 17.7. The minimum absolute atomic E-state index is 0.802. The summed E-state index contributed by atoms with van der Waals surface area (Å²) in [5, 5.41) is 4.49. The largest absolute Gasteiger partial charge is 0.357 e. The van der Waals surface area contributed by atoms with Crippen LogP contribution < -0.4 is 5.32 Å². The molecule has 0 radical (unpaired) electrons. The Bertz CT molecular complexity index is 465. The van der Waals surface area contributed by atoms with Gasteiger partial charge >= 0.3 is 0 Å². The summed E-state index contributed by atoms with van der Waals surface area (Å²) in [5.74, 6) is 0.987. The molecule has 21 heavy (non-hydrogen) atoms. The minimum Gasteiger partial charge on any atom is -0.357 e. The smallest absolute Gasteiger partial charge is 0.193 e. The van der Waals surface area contributed by atoms with Crippen LogP contribution in [0.4, 0.5) is 0 Å². The lowest BCUT2D eigenvalue weighted by molar-refractivity contribution is 0.470. The maximum atomic E-state index is 4.72. The molecule has 1 aromatic rings. The summed E-state index contributed by atoms with van der Waals surface area (Å²) in [6, 6.07) is 0. The lowest BCUT2D eigenvalue weighted by Gasteiger charge is -2.21. The third-order valence-corrected chi connectivity index (χ3v) is 4.33. The van der Waals surface area contributed by atoms with Crippen molar-refractivity contribution in [3.05, 3.63) is 28.2 Å². The van der Waals surface area contributed by atoms with Crippen LogP contribution in [-0.2, 0) is 6.42 Å². The van der Waals surface area contributed by atoms with E-state index in [4.69, 9.17) is 4.99 Å². The van der Waals surface area contributed by atoms with Gasteiger partial charge in [0, 0.05) is 38.0 Å². The lowest BCUT2D eigenvalue weighted by Crippen LogP contribution is -2.39. The van der Waals surface area contributed by atoms with E-state index in [0.717, 1.165) is 55.6 Å². The molecule has 0 fully saturated rings. The highest BCUT2D eigenvalue weighted by Gasteiger charge is 2.06. The Morgan fingerprint density at radius 3 is 2.81 bits per heavy atom. The van der Waals surface area contributed by atoms with Gasteiger partial charge in [0.2, 0.25) is 0 Å². The van der Waals surface area contributed by atoms with Crippen molar-refractivity contribution in [2.75, 3.05) is 26.7 Å². The molecule has 0 unspecified atom stereocenters. The van der Waals surface area contributed by atoms with Crippen molar-refractivity contribution in [2.24, 2.45) is 4.99 Å². The molecular weight excluding hydrogens is 280 g/mol. The summed E-state index contributed by atoms with van der Waals surface area (Å²) < 4.78 is 0. The highest BCUT2D eigenvalue weighted by Crippen LogP contribution is 2.17. The maximum absolute atomic E-state index is 4.72. The Morgan fingerprint density at radius 1 is 1.48 bits per heavy atom. The average Bonchev–Trinajstić information content (AvgIpc) is 2.76. The van der Waals surface area contributed by atoms with Crippen LogP contribution >= 0.6 is 11.3 Å². The highest BCUT2D eigenvalue weighted by molar-refractivity contribution is 7.11.